The van der Waals surface area contributed by atoms with Crippen LogP contribution in [-0.2, 0) is 10.0 Å². The number of rotatable bonds is 5. The molecule has 0 aromatic rings. The molecule has 1 rings (SSSR count). The van der Waals surface area contributed by atoms with Gasteiger partial charge >= 0.3 is 0 Å². The molecule has 5 heteroatoms. The zero-order valence-electron chi connectivity index (χ0n) is 9.48. The number of sulfonamides is 1. The summed E-state index contributed by atoms with van der Waals surface area (Å²) >= 11 is 0. The van der Waals surface area contributed by atoms with E-state index in [0.29, 0.717) is 6.54 Å². The van der Waals surface area contributed by atoms with Gasteiger partial charge in [-0.1, -0.05) is 19.8 Å². The Morgan fingerprint density at radius 2 is 2.13 bits per heavy atom. The summed E-state index contributed by atoms with van der Waals surface area (Å²) in [4.78, 5) is 0. The third-order valence-corrected chi connectivity index (χ3v) is 4.88. The lowest BCUT2D eigenvalue weighted by atomic mass is 10.0. The summed E-state index contributed by atoms with van der Waals surface area (Å²) in [7, 11) is -3.10. The van der Waals surface area contributed by atoms with Crippen LogP contribution in [0.5, 0.6) is 0 Å². The summed E-state index contributed by atoms with van der Waals surface area (Å²) in [5.41, 5.74) is 5.33. The molecule has 0 aromatic carbocycles. The fraction of sp³-hybridized carbons (Fsp3) is 1.00. The van der Waals surface area contributed by atoms with Crippen LogP contribution in [0.3, 0.4) is 0 Å². The summed E-state index contributed by atoms with van der Waals surface area (Å²) in [6.45, 7) is 3.01. The van der Waals surface area contributed by atoms with Crippen molar-refractivity contribution in [2.24, 2.45) is 5.73 Å². The molecule has 1 saturated heterocycles. The molecule has 2 N–H and O–H groups in total. The van der Waals surface area contributed by atoms with Gasteiger partial charge in [-0.3, -0.25) is 0 Å². The predicted octanol–water partition coefficient (Wildman–Crippen LogP) is 0.929. The van der Waals surface area contributed by atoms with E-state index in [-0.39, 0.29) is 18.3 Å². The first-order chi connectivity index (χ1) is 7.11. The number of hydrogen-bond acceptors (Lipinski definition) is 3. The van der Waals surface area contributed by atoms with Crippen molar-refractivity contribution in [3.63, 3.8) is 0 Å². The molecule has 90 valence electrons. The zero-order valence-corrected chi connectivity index (χ0v) is 10.3. The van der Waals surface area contributed by atoms with E-state index in [1.54, 1.807) is 4.31 Å². The predicted molar refractivity (Wildman–Crippen MR) is 62.1 cm³/mol. The van der Waals surface area contributed by atoms with Gasteiger partial charge in [0.1, 0.15) is 0 Å². The van der Waals surface area contributed by atoms with Gasteiger partial charge in [0.2, 0.25) is 10.0 Å². The highest BCUT2D eigenvalue weighted by Crippen LogP contribution is 2.23. The summed E-state index contributed by atoms with van der Waals surface area (Å²) in [5.74, 6) is 0.0905. The normalized spacial score (nSPS) is 24.3. The fourth-order valence-electron chi connectivity index (χ4n) is 2.23. The van der Waals surface area contributed by atoms with E-state index < -0.39 is 10.0 Å². The first-order valence-electron chi connectivity index (χ1n) is 5.81. The van der Waals surface area contributed by atoms with Crippen molar-refractivity contribution in [3.8, 4) is 0 Å². The van der Waals surface area contributed by atoms with Crippen LogP contribution in [0.1, 0.15) is 39.0 Å². The molecule has 1 atom stereocenters. The highest BCUT2D eigenvalue weighted by atomic mass is 32.2. The Morgan fingerprint density at radius 1 is 1.40 bits per heavy atom. The van der Waals surface area contributed by atoms with Crippen LogP contribution in [0.2, 0.25) is 0 Å². The second-order valence-electron chi connectivity index (χ2n) is 4.15. The SMILES string of the molecule is CCCC1CCCCN1S(=O)(=O)CCN. The quantitative estimate of drug-likeness (QED) is 0.769. The Balaban J connectivity index is 2.70. The van der Waals surface area contributed by atoms with Gasteiger partial charge in [0.25, 0.3) is 0 Å². The molecule has 0 spiro atoms. The average molecular weight is 234 g/mol. The standard InChI is InChI=1S/C10H22N2O2S/c1-2-5-10-6-3-4-8-12(10)15(13,14)9-7-11/h10H,2-9,11H2,1H3. The van der Waals surface area contributed by atoms with Gasteiger partial charge in [-0.05, 0) is 19.3 Å². The largest absolute Gasteiger partial charge is 0.329 e. The van der Waals surface area contributed by atoms with Crippen LogP contribution < -0.4 is 5.73 Å². The third-order valence-electron chi connectivity index (χ3n) is 2.93. The highest BCUT2D eigenvalue weighted by Gasteiger charge is 2.30. The molecule has 0 aromatic heterocycles. The molecule has 0 bridgehead atoms. The minimum Gasteiger partial charge on any atom is -0.329 e. The Bertz CT molecular complexity index is 275. The van der Waals surface area contributed by atoms with Crippen molar-refractivity contribution in [2.75, 3.05) is 18.8 Å². The summed E-state index contributed by atoms with van der Waals surface area (Å²) in [6, 6.07) is 0.222. The molecular weight excluding hydrogens is 212 g/mol. The lowest BCUT2D eigenvalue weighted by Gasteiger charge is -2.34. The number of nitrogens with two attached hydrogens (primary N) is 1. The molecule has 0 radical (unpaired) electrons. The zero-order chi connectivity index (χ0) is 11.3. The van der Waals surface area contributed by atoms with Crippen molar-refractivity contribution >= 4 is 10.0 Å². The van der Waals surface area contributed by atoms with Crippen molar-refractivity contribution in [3.05, 3.63) is 0 Å². The van der Waals surface area contributed by atoms with E-state index >= 15 is 0 Å². The summed E-state index contributed by atoms with van der Waals surface area (Å²) < 4.78 is 25.5. The molecule has 15 heavy (non-hydrogen) atoms. The van der Waals surface area contributed by atoms with E-state index in [4.69, 9.17) is 5.73 Å². The number of nitrogens with zero attached hydrogens (tertiary/aromatic N) is 1. The van der Waals surface area contributed by atoms with Crippen LogP contribution in [-0.4, -0.2) is 37.6 Å². The number of piperidine rings is 1. The monoisotopic (exact) mass is 234 g/mol. The lowest BCUT2D eigenvalue weighted by molar-refractivity contribution is 0.240. The van der Waals surface area contributed by atoms with Gasteiger partial charge in [-0.15, -0.1) is 0 Å². The maximum Gasteiger partial charge on any atom is 0.215 e. The minimum atomic E-state index is -3.10. The molecular formula is C10H22N2O2S. The second kappa shape index (κ2) is 5.82. The molecule has 1 aliphatic heterocycles. The topological polar surface area (TPSA) is 63.4 Å². The fourth-order valence-corrected chi connectivity index (χ4v) is 3.83. The van der Waals surface area contributed by atoms with Crippen LogP contribution >= 0.6 is 0 Å². The molecule has 1 heterocycles. The maximum atomic E-state index is 11.9. The lowest BCUT2D eigenvalue weighted by Crippen LogP contribution is -2.45. The molecule has 0 saturated carbocycles. The van der Waals surface area contributed by atoms with E-state index in [1.165, 1.54) is 0 Å². The van der Waals surface area contributed by atoms with Crippen molar-refractivity contribution in [1.29, 1.82) is 0 Å². The average Bonchev–Trinajstić information content (AvgIpc) is 2.19. The van der Waals surface area contributed by atoms with Crippen LogP contribution in [0.25, 0.3) is 0 Å². The number of hydrogen-bond donors (Lipinski definition) is 1. The van der Waals surface area contributed by atoms with Crippen molar-refractivity contribution in [2.45, 2.75) is 45.1 Å². The molecule has 1 unspecified atom stereocenters. The van der Waals surface area contributed by atoms with Crippen LogP contribution in [0.4, 0.5) is 0 Å². The van der Waals surface area contributed by atoms with E-state index in [1.807, 2.05) is 0 Å². The van der Waals surface area contributed by atoms with Crippen LogP contribution in [0.15, 0.2) is 0 Å². The van der Waals surface area contributed by atoms with Gasteiger partial charge in [0, 0.05) is 19.1 Å². The maximum absolute atomic E-state index is 11.9. The van der Waals surface area contributed by atoms with E-state index in [9.17, 15) is 8.42 Å². The Labute approximate surface area is 92.9 Å². The summed E-state index contributed by atoms with van der Waals surface area (Å²) in [6.07, 6.45) is 5.17. The Hall–Kier alpha value is -0.130. The highest BCUT2D eigenvalue weighted by molar-refractivity contribution is 7.89. The van der Waals surface area contributed by atoms with Crippen molar-refractivity contribution in [1.82, 2.24) is 4.31 Å². The van der Waals surface area contributed by atoms with E-state index in [2.05, 4.69) is 6.92 Å². The van der Waals surface area contributed by atoms with Gasteiger partial charge in [0.15, 0.2) is 0 Å². The first kappa shape index (κ1) is 12.9. The minimum absolute atomic E-state index is 0.0905. The first-order valence-corrected chi connectivity index (χ1v) is 7.42. The smallest absolute Gasteiger partial charge is 0.215 e. The second-order valence-corrected chi connectivity index (χ2v) is 6.19. The molecule has 1 fully saturated rings. The van der Waals surface area contributed by atoms with Gasteiger partial charge < -0.3 is 5.73 Å². The van der Waals surface area contributed by atoms with Gasteiger partial charge in [-0.2, -0.15) is 4.31 Å². The van der Waals surface area contributed by atoms with E-state index in [0.717, 1.165) is 32.1 Å². The Morgan fingerprint density at radius 3 is 2.73 bits per heavy atom. The molecule has 4 nitrogen and oxygen atoms in total. The Kier molecular flexibility index (Phi) is 5.02. The molecule has 1 aliphatic rings. The van der Waals surface area contributed by atoms with Crippen LogP contribution in [0, 0.1) is 0 Å². The summed E-state index contributed by atoms with van der Waals surface area (Å²) in [5, 5.41) is 0. The van der Waals surface area contributed by atoms with Gasteiger partial charge in [0.05, 0.1) is 5.75 Å². The van der Waals surface area contributed by atoms with Crippen molar-refractivity contribution < 1.29 is 8.42 Å². The molecule has 0 aliphatic carbocycles. The van der Waals surface area contributed by atoms with Gasteiger partial charge in [-0.25, -0.2) is 8.42 Å². The molecule has 0 amide bonds. The third kappa shape index (κ3) is 3.43.